The smallest absolute Gasteiger partial charge is 0.323 e. The first kappa shape index (κ1) is 11.0. The lowest BCUT2D eigenvalue weighted by atomic mass is 10.7. The second-order valence-electron chi connectivity index (χ2n) is 2.68. The topological polar surface area (TPSA) is 109 Å². The number of carbonyl (C=O) groups is 1. The van der Waals surface area contributed by atoms with Crippen LogP contribution in [0.2, 0.25) is 0 Å². The van der Waals surface area contributed by atoms with Gasteiger partial charge >= 0.3 is 6.03 Å². The molecule has 0 saturated carbocycles. The molecule has 15 heavy (non-hydrogen) atoms. The van der Waals surface area contributed by atoms with Gasteiger partial charge in [-0.15, -0.1) is 0 Å². The second kappa shape index (κ2) is 4.40. The quantitative estimate of drug-likeness (QED) is 0.595. The molecule has 2 amide bonds. The van der Waals surface area contributed by atoms with E-state index in [0.717, 1.165) is 0 Å². The molecule has 4 N–H and O–H groups in total. The number of amides is 2. The van der Waals surface area contributed by atoms with Crippen LogP contribution in [0.25, 0.3) is 0 Å². The number of nitrogens with two attached hydrogens (primary N) is 1. The fraction of sp³-hybridized carbons (Fsp3) is 0.429. The number of aromatic nitrogens is 3. The number of nitrogens with zero attached hydrogens (tertiary/aromatic N) is 4. The van der Waals surface area contributed by atoms with Gasteiger partial charge in [0.05, 0.1) is 0 Å². The summed E-state index contributed by atoms with van der Waals surface area (Å²) in [6.07, 6.45) is 0. The van der Waals surface area contributed by atoms with E-state index in [0.29, 0.717) is 5.95 Å². The zero-order chi connectivity index (χ0) is 11.4. The SMILES string of the molecule is CNC(=O)N(C)c1nc(N)nc(NC)n1. The Hall–Kier alpha value is -2.12. The lowest BCUT2D eigenvalue weighted by Gasteiger charge is -2.14. The van der Waals surface area contributed by atoms with Crippen LogP contribution in [-0.2, 0) is 0 Å². The molecule has 0 aliphatic carbocycles. The van der Waals surface area contributed by atoms with E-state index in [1.165, 1.54) is 19.0 Å². The average Bonchev–Trinajstić information content (AvgIpc) is 2.26. The van der Waals surface area contributed by atoms with Crippen LogP contribution in [0.5, 0.6) is 0 Å². The Bertz CT molecular complexity index is 366. The van der Waals surface area contributed by atoms with Gasteiger partial charge in [-0.05, 0) is 0 Å². The van der Waals surface area contributed by atoms with Crippen LogP contribution >= 0.6 is 0 Å². The van der Waals surface area contributed by atoms with Crippen molar-refractivity contribution in [3.8, 4) is 0 Å². The van der Waals surface area contributed by atoms with Crippen molar-refractivity contribution in [1.82, 2.24) is 20.3 Å². The summed E-state index contributed by atoms with van der Waals surface area (Å²) in [5, 5.41) is 5.16. The Morgan fingerprint density at radius 2 is 2.00 bits per heavy atom. The molecule has 1 heterocycles. The van der Waals surface area contributed by atoms with Crippen molar-refractivity contribution in [3.63, 3.8) is 0 Å². The minimum Gasteiger partial charge on any atom is -0.368 e. The van der Waals surface area contributed by atoms with Crippen LogP contribution in [0.15, 0.2) is 0 Å². The number of rotatable bonds is 2. The summed E-state index contributed by atoms with van der Waals surface area (Å²) >= 11 is 0. The molecule has 0 atom stereocenters. The first-order chi connectivity index (χ1) is 7.08. The molecule has 0 radical (unpaired) electrons. The number of anilines is 3. The number of nitrogens with one attached hydrogen (secondary N) is 2. The van der Waals surface area contributed by atoms with Gasteiger partial charge in [-0.2, -0.15) is 15.0 Å². The van der Waals surface area contributed by atoms with Crippen LogP contribution < -0.4 is 21.3 Å². The van der Waals surface area contributed by atoms with Crippen molar-refractivity contribution in [3.05, 3.63) is 0 Å². The standard InChI is InChI=1S/C7H13N7O/c1-9-5-11-4(8)12-6(13-5)14(3)7(15)10-2/h1-3H3,(H,10,15)(H3,8,9,11,12,13). The highest BCUT2D eigenvalue weighted by Gasteiger charge is 2.13. The van der Waals surface area contributed by atoms with E-state index in [1.807, 2.05) is 0 Å². The van der Waals surface area contributed by atoms with Crippen molar-refractivity contribution in [2.24, 2.45) is 0 Å². The predicted octanol–water partition coefficient (Wildman–Crippen LogP) is -0.729. The number of nitrogen functional groups attached to an aromatic ring is 1. The van der Waals surface area contributed by atoms with Crippen LogP contribution in [-0.4, -0.2) is 42.1 Å². The normalized spacial score (nSPS) is 9.53. The predicted molar refractivity (Wildman–Crippen MR) is 56.6 cm³/mol. The van der Waals surface area contributed by atoms with Gasteiger partial charge in [-0.1, -0.05) is 0 Å². The minimum absolute atomic E-state index is 0.0557. The summed E-state index contributed by atoms with van der Waals surface area (Å²) in [7, 11) is 4.70. The molecule has 0 saturated heterocycles. The third-order valence-corrected chi connectivity index (χ3v) is 1.68. The molecule has 1 rings (SSSR count). The monoisotopic (exact) mass is 211 g/mol. The largest absolute Gasteiger partial charge is 0.368 e. The van der Waals surface area contributed by atoms with Crippen LogP contribution in [0.1, 0.15) is 0 Å². The van der Waals surface area contributed by atoms with Crippen molar-refractivity contribution < 1.29 is 4.79 Å². The number of hydrogen-bond acceptors (Lipinski definition) is 6. The first-order valence-electron chi connectivity index (χ1n) is 4.23. The molecule has 0 spiro atoms. The fourth-order valence-corrected chi connectivity index (χ4v) is 0.901. The summed E-state index contributed by atoms with van der Waals surface area (Å²) in [5.41, 5.74) is 5.45. The van der Waals surface area contributed by atoms with Crippen LogP contribution in [0, 0.1) is 0 Å². The highest BCUT2D eigenvalue weighted by Crippen LogP contribution is 2.09. The minimum atomic E-state index is -0.331. The summed E-state index contributed by atoms with van der Waals surface area (Å²) in [5.74, 6) is 0.555. The van der Waals surface area contributed by atoms with Crippen LogP contribution in [0.4, 0.5) is 22.6 Å². The van der Waals surface area contributed by atoms with E-state index in [2.05, 4.69) is 25.6 Å². The Morgan fingerprint density at radius 3 is 2.53 bits per heavy atom. The van der Waals surface area contributed by atoms with E-state index in [-0.39, 0.29) is 17.9 Å². The summed E-state index contributed by atoms with van der Waals surface area (Å²) in [4.78, 5) is 24.1. The van der Waals surface area contributed by atoms with E-state index in [4.69, 9.17) is 5.73 Å². The fourth-order valence-electron chi connectivity index (χ4n) is 0.901. The van der Waals surface area contributed by atoms with Gasteiger partial charge in [0.2, 0.25) is 17.8 Å². The van der Waals surface area contributed by atoms with Crippen molar-refractivity contribution in [2.75, 3.05) is 37.1 Å². The highest BCUT2D eigenvalue weighted by molar-refractivity contribution is 5.89. The van der Waals surface area contributed by atoms with Gasteiger partial charge < -0.3 is 16.4 Å². The molecule has 0 aliphatic rings. The molecule has 8 heteroatoms. The zero-order valence-corrected chi connectivity index (χ0v) is 8.77. The van der Waals surface area contributed by atoms with Crippen LogP contribution in [0.3, 0.4) is 0 Å². The average molecular weight is 211 g/mol. The summed E-state index contributed by atoms with van der Waals surface area (Å²) in [6.45, 7) is 0. The Balaban J connectivity index is 3.03. The van der Waals surface area contributed by atoms with Gasteiger partial charge in [-0.3, -0.25) is 4.90 Å². The molecule has 1 aromatic rings. The maximum Gasteiger partial charge on any atom is 0.323 e. The number of urea groups is 1. The molecule has 1 aromatic heterocycles. The van der Waals surface area contributed by atoms with Gasteiger partial charge in [0, 0.05) is 21.1 Å². The Morgan fingerprint density at radius 1 is 1.33 bits per heavy atom. The maximum atomic E-state index is 11.3. The molecular formula is C7H13N7O. The van der Waals surface area contributed by atoms with Crippen molar-refractivity contribution >= 4 is 23.9 Å². The van der Waals surface area contributed by atoms with E-state index < -0.39 is 0 Å². The number of carbonyl (C=O) groups excluding carboxylic acids is 1. The van der Waals surface area contributed by atoms with Gasteiger partial charge in [0.15, 0.2) is 0 Å². The molecule has 0 aromatic carbocycles. The highest BCUT2D eigenvalue weighted by atomic mass is 16.2. The molecular weight excluding hydrogens is 198 g/mol. The van der Waals surface area contributed by atoms with Gasteiger partial charge in [-0.25, -0.2) is 4.79 Å². The summed E-state index contributed by atoms with van der Waals surface area (Å²) in [6, 6.07) is -0.331. The second-order valence-corrected chi connectivity index (χ2v) is 2.68. The molecule has 0 fully saturated rings. The maximum absolute atomic E-state index is 11.3. The lowest BCUT2D eigenvalue weighted by Crippen LogP contribution is -2.36. The Labute approximate surface area is 86.9 Å². The summed E-state index contributed by atoms with van der Waals surface area (Å²) < 4.78 is 0. The molecule has 0 bridgehead atoms. The van der Waals surface area contributed by atoms with Gasteiger partial charge in [0.25, 0.3) is 0 Å². The van der Waals surface area contributed by atoms with E-state index >= 15 is 0 Å². The first-order valence-corrected chi connectivity index (χ1v) is 4.23. The third-order valence-electron chi connectivity index (χ3n) is 1.68. The number of hydrogen-bond donors (Lipinski definition) is 3. The molecule has 8 nitrogen and oxygen atoms in total. The van der Waals surface area contributed by atoms with Gasteiger partial charge in [0.1, 0.15) is 0 Å². The molecule has 82 valence electrons. The third kappa shape index (κ3) is 2.42. The van der Waals surface area contributed by atoms with Crippen molar-refractivity contribution in [2.45, 2.75) is 0 Å². The Kier molecular flexibility index (Phi) is 3.21. The molecule has 0 aliphatic heterocycles. The zero-order valence-electron chi connectivity index (χ0n) is 8.77. The lowest BCUT2D eigenvalue weighted by molar-refractivity contribution is 0.249. The van der Waals surface area contributed by atoms with Crippen molar-refractivity contribution in [1.29, 1.82) is 0 Å². The molecule has 0 unspecified atom stereocenters. The van der Waals surface area contributed by atoms with E-state index in [9.17, 15) is 4.79 Å². The van der Waals surface area contributed by atoms with E-state index in [1.54, 1.807) is 7.05 Å².